The molecule has 1 N–H and O–H groups in total. The highest BCUT2D eigenvalue weighted by molar-refractivity contribution is 6.12. The molecule has 174 valence electrons. The molecule has 35 heavy (non-hydrogen) atoms. The Morgan fingerprint density at radius 2 is 1.71 bits per heavy atom. The number of hydrogen-bond donors (Lipinski definition) is 1. The van der Waals surface area contributed by atoms with Crippen molar-refractivity contribution in [2.24, 2.45) is 5.10 Å². The first kappa shape index (κ1) is 22.2. The standard InChI is InChI=1S/C27H22FN5O2/c1-17-21(15-29-31-25(34)16-33-18(2)30-22-7-3-4-9-24(22)33)23-8-5-6-14-32(23)26(17)27(35)19-10-12-20(28)13-11-19/h3-15H,16H2,1-2H3,(H,31,34)/b29-15+. The summed E-state index contributed by atoms with van der Waals surface area (Å²) in [5.41, 5.74) is 7.31. The molecule has 8 heteroatoms. The van der Waals surface area contributed by atoms with Gasteiger partial charge in [-0.25, -0.2) is 14.8 Å². The lowest BCUT2D eigenvalue weighted by molar-refractivity contribution is -0.121. The van der Waals surface area contributed by atoms with Crippen molar-refractivity contribution in [3.05, 3.63) is 107 Å². The quantitative estimate of drug-likeness (QED) is 0.228. The molecule has 0 atom stereocenters. The molecule has 5 aromatic rings. The van der Waals surface area contributed by atoms with Crippen LogP contribution < -0.4 is 5.43 Å². The normalized spacial score (nSPS) is 11.5. The maximum Gasteiger partial charge on any atom is 0.260 e. The molecule has 0 radical (unpaired) electrons. The molecule has 1 amide bonds. The molecule has 0 saturated carbocycles. The number of ketones is 1. The number of aryl methyl sites for hydroxylation is 1. The highest BCUT2D eigenvalue weighted by atomic mass is 19.1. The molecule has 5 rings (SSSR count). The van der Waals surface area contributed by atoms with E-state index in [9.17, 15) is 14.0 Å². The molecule has 2 aromatic carbocycles. The van der Waals surface area contributed by atoms with Crippen LogP contribution in [-0.4, -0.2) is 31.9 Å². The number of nitrogens with one attached hydrogen (secondary N) is 1. The second-order valence-electron chi connectivity index (χ2n) is 8.21. The fourth-order valence-electron chi connectivity index (χ4n) is 4.28. The number of halogens is 1. The van der Waals surface area contributed by atoms with Gasteiger partial charge < -0.3 is 8.97 Å². The summed E-state index contributed by atoms with van der Waals surface area (Å²) in [6, 6.07) is 18.7. The SMILES string of the molecule is Cc1c(/C=N/NC(=O)Cn2c(C)nc3ccccc32)c2ccccn2c1C(=O)c1ccc(F)cc1. The van der Waals surface area contributed by atoms with E-state index < -0.39 is 5.82 Å². The van der Waals surface area contributed by atoms with E-state index in [2.05, 4.69) is 15.5 Å². The predicted octanol–water partition coefficient (Wildman–Crippen LogP) is 4.43. The zero-order chi connectivity index (χ0) is 24.5. The third-order valence-electron chi connectivity index (χ3n) is 5.99. The number of nitrogens with zero attached hydrogens (tertiary/aromatic N) is 4. The Morgan fingerprint density at radius 1 is 1.00 bits per heavy atom. The van der Waals surface area contributed by atoms with Crippen LogP contribution in [0.1, 0.15) is 33.0 Å². The largest absolute Gasteiger partial charge is 0.319 e. The Labute approximate surface area is 200 Å². The number of rotatable bonds is 6. The number of carbonyl (C=O) groups excluding carboxylic acids is 2. The molecule has 7 nitrogen and oxygen atoms in total. The van der Waals surface area contributed by atoms with Gasteiger partial charge in [0.2, 0.25) is 5.78 Å². The third kappa shape index (κ3) is 4.10. The van der Waals surface area contributed by atoms with Gasteiger partial charge in [0.25, 0.3) is 5.91 Å². The molecule has 3 aromatic heterocycles. The summed E-state index contributed by atoms with van der Waals surface area (Å²) in [6.45, 7) is 3.76. The van der Waals surface area contributed by atoms with Crippen LogP contribution in [-0.2, 0) is 11.3 Å². The summed E-state index contributed by atoms with van der Waals surface area (Å²) in [5, 5.41) is 4.17. The summed E-state index contributed by atoms with van der Waals surface area (Å²) < 4.78 is 17.0. The maximum atomic E-state index is 13.3. The molecule has 0 fully saturated rings. The van der Waals surface area contributed by atoms with Crippen LogP contribution in [0.25, 0.3) is 16.6 Å². The zero-order valence-electron chi connectivity index (χ0n) is 19.2. The van der Waals surface area contributed by atoms with E-state index in [-0.39, 0.29) is 18.2 Å². The first-order valence-electron chi connectivity index (χ1n) is 11.1. The monoisotopic (exact) mass is 467 g/mol. The number of fused-ring (bicyclic) bond motifs is 2. The Balaban J connectivity index is 1.41. The minimum Gasteiger partial charge on any atom is -0.319 e. The number of amides is 1. The number of hydrazone groups is 1. The van der Waals surface area contributed by atoms with Gasteiger partial charge in [0.15, 0.2) is 0 Å². The third-order valence-corrected chi connectivity index (χ3v) is 5.99. The fourth-order valence-corrected chi connectivity index (χ4v) is 4.28. The van der Waals surface area contributed by atoms with E-state index >= 15 is 0 Å². The highest BCUT2D eigenvalue weighted by Crippen LogP contribution is 2.24. The Kier molecular flexibility index (Phi) is 5.70. The van der Waals surface area contributed by atoms with Crippen molar-refractivity contribution in [1.82, 2.24) is 19.4 Å². The first-order valence-corrected chi connectivity index (χ1v) is 11.1. The molecule has 0 aliphatic carbocycles. The first-order chi connectivity index (χ1) is 16.9. The molecule has 3 heterocycles. The number of carbonyl (C=O) groups is 2. The van der Waals surface area contributed by atoms with Crippen molar-refractivity contribution in [3.63, 3.8) is 0 Å². The Morgan fingerprint density at radius 3 is 2.51 bits per heavy atom. The van der Waals surface area contributed by atoms with Gasteiger partial charge >= 0.3 is 0 Å². The summed E-state index contributed by atoms with van der Waals surface area (Å²) in [6.07, 6.45) is 3.34. The van der Waals surface area contributed by atoms with Gasteiger partial charge in [0.05, 0.1) is 28.5 Å². The lowest BCUT2D eigenvalue weighted by atomic mass is 10.0. The van der Waals surface area contributed by atoms with Crippen LogP contribution >= 0.6 is 0 Å². The van der Waals surface area contributed by atoms with Crippen LogP contribution in [0.15, 0.2) is 78.0 Å². The van der Waals surface area contributed by atoms with Crippen LogP contribution in [0, 0.1) is 19.7 Å². The van der Waals surface area contributed by atoms with Crippen molar-refractivity contribution in [3.8, 4) is 0 Å². The smallest absolute Gasteiger partial charge is 0.260 e. The van der Waals surface area contributed by atoms with E-state index in [1.54, 1.807) is 16.8 Å². The highest BCUT2D eigenvalue weighted by Gasteiger charge is 2.21. The van der Waals surface area contributed by atoms with Gasteiger partial charge in [0, 0.05) is 17.3 Å². The summed E-state index contributed by atoms with van der Waals surface area (Å²) in [7, 11) is 0. The number of pyridine rings is 1. The van der Waals surface area contributed by atoms with E-state index in [0.29, 0.717) is 22.4 Å². The van der Waals surface area contributed by atoms with Crippen molar-refractivity contribution in [2.75, 3.05) is 0 Å². The van der Waals surface area contributed by atoms with Crippen LogP contribution in [0.4, 0.5) is 4.39 Å². The van der Waals surface area contributed by atoms with Crippen molar-refractivity contribution < 1.29 is 14.0 Å². The number of benzene rings is 2. The lowest BCUT2D eigenvalue weighted by Gasteiger charge is -2.05. The average Bonchev–Trinajstić information content (AvgIpc) is 3.32. The summed E-state index contributed by atoms with van der Waals surface area (Å²) in [4.78, 5) is 30.3. The summed E-state index contributed by atoms with van der Waals surface area (Å²) >= 11 is 0. The minimum absolute atomic E-state index is 0.0769. The van der Waals surface area contributed by atoms with E-state index in [0.717, 1.165) is 22.4 Å². The minimum atomic E-state index is -0.402. The van der Waals surface area contributed by atoms with Crippen LogP contribution in [0.2, 0.25) is 0 Å². The second kappa shape index (κ2) is 8.98. The molecule has 0 saturated heterocycles. The van der Waals surface area contributed by atoms with E-state index in [4.69, 9.17) is 0 Å². The van der Waals surface area contributed by atoms with Gasteiger partial charge in [-0.05, 0) is 67.9 Å². The fraction of sp³-hybridized carbons (Fsp3) is 0.111. The van der Waals surface area contributed by atoms with Gasteiger partial charge in [-0.1, -0.05) is 18.2 Å². The van der Waals surface area contributed by atoms with Crippen molar-refractivity contribution >= 4 is 34.5 Å². The molecule has 0 aliphatic rings. The van der Waals surface area contributed by atoms with E-state index in [1.165, 1.54) is 24.3 Å². The second-order valence-corrected chi connectivity index (χ2v) is 8.21. The van der Waals surface area contributed by atoms with Gasteiger partial charge in [0.1, 0.15) is 18.2 Å². The molecule has 0 spiro atoms. The maximum absolute atomic E-state index is 13.3. The number of imidazole rings is 1. The number of para-hydroxylation sites is 2. The van der Waals surface area contributed by atoms with Gasteiger partial charge in [-0.3, -0.25) is 9.59 Å². The molecular weight excluding hydrogens is 445 g/mol. The molecule has 0 bridgehead atoms. The number of hydrogen-bond acceptors (Lipinski definition) is 4. The number of aromatic nitrogens is 3. The van der Waals surface area contributed by atoms with Crippen molar-refractivity contribution in [2.45, 2.75) is 20.4 Å². The molecule has 0 unspecified atom stereocenters. The molecular formula is C27H22FN5O2. The molecule has 0 aliphatic heterocycles. The Hall–Kier alpha value is -4.59. The predicted molar refractivity (Wildman–Crippen MR) is 132 cm³/mol. The lowest BCUT2D eigenvalue weighted by Crippen LogP contribution is -2.23. The average molecular weight is 468 g/mol. The zero-order valence-corrected chi connectivity index (χ0v) is 19.2. The van der Waals surface area contributed by atoms with Crippen molar-refractivity contribution in [1.29, 1.82) is 0 Å². The van der Waals surface area contributed by atoms with Crippen LogP contribution in [0.3, 0.4) is 0 Å². The topological polar surface area (TPSA) is 80.8 Å². The van der Waals surface area contributed by atoms with Gasteiger partial charge in [-0.15, -0.1) is 0 Å². The van der Waals surface area contributed by atoms with Gasteiger partial charge in [-0.2, -0.15) is 5.10 Å². The summed E-state index contributed by atoms with van der Waals surface area (Å²) in [5.74, 6) is -0.185. The Bertz CT molecular complexity index is 1610. The van der Waals surface area contributed by atoms with Crippen LogP contribution in [0.5, 0.6) is 0 Å². The van der Waals surface area contributed by atoms with E-state index in [1.807, 2.05) is 60.9 Å².